The van der Waals surface area contributed by atoms with Crippen LogP contribution in [-0.4, -0.2) is 31.2 Å². The first-order valence-corrected chi connectivity index (χ1v) is 7.47. The molecule has 3 aromatic rings. The van der Waals surface area contributed by atoms with Crippen LogP contribution in [0.2, 0.25) is 0 Å². The van der Waals surface area contributed by atoms with Crippen LogP contribution >= 0.6 is 0 Å². The van der Waals surface area contributed by atoms with E-state index in [0.717, 1.165) is 60.5 Å². The summed E-state index contributed by atoms with van der Waals surface area (Å²) in [6.45, 7) is 6.00. The number of hydrogen-bond acceptors (Lipinski definition) is 5. The molecule has 0 amide bonds. The van der Waals surface area contributed by atoms with Gasteiger partial charge in [-0.3, -0.25) is 4.90 Å². The Kier molecular flexibility index (Phi) is 3.24. The highest BCUT2D eigenvalue weighted by Gasteiger charge is 2.15. The third kappa shape index (κ3) is 2.32. The summed E-state index contributed by atoms with van der Waals surface area (Å²) in [5.74, 6) is 0.883. The molecule has 0 saturated carbocycles. The fourth-order valence-electron chi connectivity index (χ4n) is 3.00. The van der Waals surface area contributed by atoms with E-state index in [1.165, 1.54) is 6.07 Å². The molecule has 22 heavy (non-hydrogen) atoms. The molecular weight excluding hydrogens is 282 g/mol. The lowest BCUT2D eigenvalue weighted by Crippen LogP contribution is -2.35. The Labute approximate surface area is 127 Å². The van der Waals surface area contributed by atoms with Gasteiger partial charge >= 0.3 is 5.63 Å². The highest BCUT2D eigenvalue weighted by molar-refractivity contribution is 6.03. The molecule has 0 N–H and O–H groups in total. The topological polar surface area (TPSA) is 55.8 Å². The molecule has 0 aliphatic carbocycles. The van der Waals surface area contributed by atoms with Crippen molar-refractivity contribution in [2.45, 2.75) is 13.5 Å². The van der Waals surface area contributed by atoms with Gasteiger partial charge in [-0.1, -0.05) is 0 Å². The van der Waals surface area contributed by atoms with Crippen LogP contribution in [-0.2, 0) is 11.3 Å². The molecule has 1 aromatic carbocycles. The second kappa shape index (κ2) is 5.26. The first-order chi connectivity index (χ1) is 10.7. The van der Waals surface area contributed by atoms with Crippen molar-refractivity contribution in [1.82, 2.24) is 4.90 Å². The monoisotopic (exact) mass is 299 g/mol. The van der Waals surface area contributed by atoms with Gasteiger partial charge in [0.25, 0.3) is 0 Å². The van der Waals surface area contributed by atoms with Crippen molar-refractivity contribution in [2.24, 2.45) is 0 Å². The maximum atomic E-state index is 11.7. The van der Waals surface area contributed by atoms with E-state index in [2.05, 4.69) is 4.90 Å². The molecule has 0 atom stereocenters. The second-order valence-corrected chi connectivity index (χ2v) is 5.70. The lowest BCUT2D eigenvalue weighted by Gasteiger charge is -2.25. The van der Waals surface area contributed by atoms with Crippen LogP contribution in [0.4, 0.5) is 0 Å². The zero-order valence-corrected chi connectivity index (χ0v) is 12.4. The molecule has 5 heteroatoms. The van der Waals surface area contributed by atoms with Gasteiger partial charge in [-0.15, -0.1) is 0 Å². The predicted molar refractivity (Wildman–Crippen MR) is 83.1 cm³/mol. The molecule has 0 unspecified atom stereocenters. The average molecular weight is 299 g/mol. The third-order valence-corrected chi connectivity index (χ3v) is 4.15. The summed E-state index contributed by atoms with van der Waals surface area (Å²) in [5, 5.41) is 1.81. The number of ether oxygens (including phenoxy) is 1. The summed E-state index contributed by atoms with van der Waals surface area (Å²) < 4.78 is 16.7. The van der Waals surface area contributed by atoms with Crippen molar-refractivity contribution in [3.05, 3.63) is 46.0 Å². The van der Waals surface area contributed by atoms with E-state index >= 15 is 0 Å². The van der Waals surface area contributed by atoms with E-state index < -0.39 is 0 Å². The molecule has 2 aromatic heterocycles. The molecule has 0 bridgehead atoms. The summed E-state index contributed by atoms with van der Waals surface area (Å²) in [7, 11) is 0. The summed E-state index contributed by atoms with van der Waals surface area (Å²) in [6, 6.07) is 7.38. The largest absolute Gasteiger partial charge is 0.460 e. The number of fused-ring (bicyclic) bond motifs is 3. The van der Waals surface area contributed by atoms with Crippen LogP contribution in [0.15, 0.2) is 37.9 Å². The zero-order chi connectivity index (χ0) is 15.1. The minimum absolute atomic E-state index is 0.326. The Hall–Kier alpha value is -2.11. The van der Waals surface area contributed by atoms with Gasteiger partial charge in [0.1, 0.15) is 16.9 Å². The van der Waals surface area contributed by atoms with E-state index in [1.54, 1.807) is 0 Å². The number of nitrogens with zero attached hydrogens (tertiary/aromatic N) is 1. The van der Waals surface area contributed by atoms with E-state index in [4.69, 9.17) is 13.6 Å². The van der Waals surface area contributed by atoms with Crippen LogP contribution in [0.1, 0.15) is 11.3 Å². The molecule has 1 saturated heterocycles. The fraction of sp³-hybridized carbons (Fsp3) is 0.353. The van der Waals surface area contributed by atoms with Gasteiger partial charge in [-0.05, 0) is 30.7 Å². The van der Waals surface area contributed by atoms with Crippen LogP contribution < -0.4 is 5.63 Å². The number of hydrogen-bond donors (Lipinski definition) is 0. The van der Waals surface area contributed by atoms with E-state index in [0.29, 0.717) is 5.58 Å². The van der Waals surface area contributed by atoms with Gasteiger partial charge in [-0.25, -0.2) is 4.79 Å². The number of morpholine rings is 1. The van der Waals surface area contributed by atoms with Crippen molar-refractivity contribution in [3.8, 4) is 0 Å². The maximum absolute atomic E-state index is 11.7. The standard InChI is InChI=1S/C17H17NO4/c1-11-8-16(19)22-17-13(11)2-3-15-14(17)9-12(21-15)10-18-4-6-20-7-5-18/h2-3,8-9H,4-7,10H2,1H3. The van der Waals surface area contributed by atoms with Crippen molar-refractivity contribution in [1.29, 1.82) is 0 Å². The summed E-state index contributed by atoms with van der Waals surface area (Å²) >= 11 is 0. The van der Waals surface area contributed by atoms with Crippen LogP contribution in [0.3, 0.4) is 0 Å². The van der Waals surface area contributed by atoms with Crippen molar-refractivity contribution in [2.75, 3.05) is 26.3 Å². The molecule has 4 rings (SSSR count). The van der Waals surface area contributed by atoms with E-state index in [-0.39, 0.29) is 5.63 Å². The minimum Gasteiger partial charge on any atom is -0.460 e. The quantitative estimate of drug-likeness (QED) is 0.681. The van der Waals surface area contributed by atoms with Gasteiger partial charge in [0.2, 0.25) is 0 Å². The molecule has 1 aliphatic heterocycles. The molecule has 5 nitrogen and oxygen atoms in total. The number of furan rings is 1. The Morgan fingerprint density at radius 3 is 2.73 bits per heavy atom. The smallest absolute Gasteiger partial charge is 0.336 e. The first-order valence-electron chi connectivity index (χ1n) is 7.47. The molecule has 114 valence electrons. The first kappa shape index (κ1) is 13.5. The average Bonchev–Trinajstić information content (AvgIpc) is 2.91. The molecule has 1 aliphatic rings. The molecule has 0 radical (unpaired) electrons. The highest BCUT2D eigenvalue weighted by atomic mass is 16.5. The van der Waals surface area contributed by atoms with Crippen molar-refractivity contribution < 1.29 is 13.6 Å². The lowest BCUT2D eigenvalue weighted by atomic mass is 10.1. The number of aryl methyl sites for hydroxylation is 1. The Balaban J connectivity index is 1.79. The summed E-state index contributed by atoms with van der Waals surface area (Å²) in [4.78, 5) is 13.9. The summed E-state index contributed by atoms with van der Waals surface area (Å²) in [5.41, 5.74) is 1.96. The van der Waals surface area contributed by atoms with E-state index in [9.17, 15) is 4.79 Å². The Morgan fingerprint density at radius 2 is 1.91 bits per heavy atom. The van der Waals surface area contributed by atoms with Crippen LogP contribution in [0, 0.1) is 6.92 Å². The van der Waals surface area contributed by atoms with Gasteiger partial charge in [0, 0.05) is 24.5 Å². The normalized spacial score (nSPS) is 16.6. The zero-order valence-electron chi connectivity index (χ0n) is 12.4. The highest BCUT2D eigenvalue weighted by Crippen LogP contribution is 2.29. The van der Waals surface area contributed by atoms with Gasteiger partial charge in [-0.2, -0.15) is 0 Å². The molecular formula is C17H17NO4. The third-order valence-electron chi connectivity index (χ3n) is 4.15. The van der Waals surface area contributed by atoms with Gasteiger partial charge in [0.15, 0.2) is 0 Å². The molecule has 3 heterocycles. The van der Waals surface area contributed by atoms with E-state index in [1.807, 2.05) is 25.1 Å². The number of rotatable bonds is 2. The van der Waals surface area contributed by atoms with Crippen LogP contribution in [0.25, 0.3) is 21.9 Å². The number of benzene rings is 1. The summed E-state index contributed by atoms with van der Waals surface area (Å²) in [6.07, 6.45) is 0. The fourth-order valence-corrected chi connectivity index (χ4v) is 3.00. The van der Waals surface area contributed by atoms with Crippen LogP contribution in [0.5, 0.6) is 0 Å². The Bertz CT molecular complexity index is 887. The SMILES string of the molecule is Cc1cc(=O)oc2c1ccc1oc(CN3CCOCC3)cc12. The Morgan fingerprint density at radius 1 is 1.09 bits per heavy atom. The minimum atomic E-state index is -0.326. The van der Waals surface area contributed by atoms with Crippen molar-refractivity contribution >= 4 is 21.9 Å². The second-order valence-electron chi connectivity index (χ2n) is 5.70. The molecule has 1 fully saturated rings. The van der Waals surface area contributed by atoms with Gasteiger partial charge in [0.05, 0.1) is 25.1 Å². The lowest BCUT2D eigenvalue weighted by molar-refractivity contribution is 0.0315. The van der Waals surface area contributed by atoms with Crippen molar-refractivity contribution in [3.63, 3.8) is 0 Å². The maximum Gasteiger partial charge on any atom is 0.336 e. The predicted octanol–water partition coefficient (Wildman–Crippen LogP) is 2.68. The van der Waals surface area contributed by atoms with Gasteiger partial charge < -0.3 is 13.6 Å². The molecule has 0 spiro atoms.